The Morgan fingerprint density at radius 2 is 1.78 bits per heavy atom. The van der Waals surface area contributed by atoms with Crippen molar-refractivity contribution in [2.45, 2.75) is 18.7 Å². The maximum atomic E-state index is 13.1. The lowest BCUT2D eigenvalue weighted by molar-refractivity contribution is -0.192. The van der Waals surface area contributed by atoms with Gasteiger partial charge in [-0.05, 0) is 23.8 Å². The van der Waals surface area contributed by atoms with Gasteiger partial charge < -0.3 is 29.5 Å². The first-order chi connectivity index (χ1) is 22.1. The number of halogens is 3. The Hall–Kier alpha value is -5.20. The monoisotopic (exact) mass is 640 g/mol. The fourth-order valence-corrected chi connectivity index (χ4v) is 4.79. The minimum atomic E-state index is -5.08. The Labute approximate surface area is 261 Å². The molecule has 0 bridgehead atoms. The third-order valence-corrected chi connectivity index (χ3v) is 7.06. The summed E-state index contributed by atoms with van der Waals surface area (Å²) in [6, 6.07) is 17.5. The van der Waals surface area contributed by atoms with Gasteiger partial charge in [-0.2, -0.15) is 23.5 Å². The number of nitriles is 1. The number of nitrogens with zero attached hydrogens (tertiary/aromatic N) is 6. The molecule has 3 aromatic heterocycles. The summed E-state index contributed by atoms with van der Waals surface area (Å²) in [6.45, 7) is 2.87. The van der Waals surface area contributed by atoms with E-state index in [1.165, 1.54) is 6.20 Å². The van der Waals surface area contributed by atoms with Crippen molar-refractivity contribution in [1.29, 1.82) is 5.26 Å². The number of ether oxygens (including phenoxy) is 2. The van der Waals surface area contributed by atoms with Crippen LogP contribution in [0.2, 0.25) is 0 Å². The molecule has 0 spiro atoms. The van der Waals surface area contributed by atoms with E-state index in [2.05, 4.69) is 16.1 Å². The van der Waals surface area contributed by atoms with E-state index in [-0.39, 0.29) is 12.5 Å². The fourth-order valence-electron chi connectivity index (χ4n) is 4.79. The molecule has 1 aromatic carbocycles. The van der Waals surface area contributed by atoms with Gasteiger partial charge in [0.15, 0.2) is 6.10 Å². The Bertz CT molecular complexity index is 1670. The number of carbonyl (C=O) groups is 2. The molecule has 5 rings (SSSR count). The van der Waals surface area contributed by atoms with E-state index in [1.54, 1.807) is 24.0 Å². The number of benzene rings is 1. The predicted octanol–water partition coefficient (Wildman–Crippen LogP) is 3.70. The number of pyridine rings is 2. The molecule has 1 aliphatic rings. The standard InChI is InChI=1S/C29H30N6O4.C2HF3O2/c1-38-28(21-6-3-2-4-7-21)29(37)34-12-10-33(11-13-34)26-9-8-22(18-31-26)25-16-24(39-15-5-14-36)20-35-27(25)23(17-30)19-32-35;3-2(4,5)1(6)7/h2-4,6-9,16,18-20,28,36H,5,10-15H2,1H3;(H,6,7)/t28-;/m0./s1. The van der Waals surface area contributed by atoms with Gasteiger partial charge in [-0.25, -0.2) is 14.3 Å². The third-order valence-electron chi connectivity index (χ3n) is 7.06. The number of aliphatic hydroxyl groups is 1. The summed E-state index contributed by atoms with van der Waals surface area (Å²) in [5.41, 5.74) is 3.60. The lowest BCUT2D eigenvalue weighted by Crippen LogP contribution is -2.50. The summed E-state index contributed by atoms with van der Waals surface area (Å²) in [7, 11) is 1.56. The Morgan fingerprint density at radius 3 is 2.35 bits per heavy atom. The highest BCUT2D eigenvalue weighted by atomic mass is 19.4. The summed E-state index contributed by atoms with van der Waals surface area (Å²) in [6.07, 6.45) is -0.137. The summed E-state index contributed by atoms with van der Waals surface area (Å²) in [5, 5.41) is 30.1. The van der Waals surface area contributed by atoms with Crippen LogP contribution >= 0.6 is 0 Å². The number of carbonyl (C=O) groups excluding carboxylic acids is 1. The van der Waals surface area contributed by atoms with Gasteiger partial charge in [0.05, 0.1) is 30.1 Å². The Morgan fingerprint density at radius 1 is 1.09 bits per heavy atom. The van der Waals surface area contributed by atoms with Crippen molar-refractivity contribution < 1.29 is 42.4 Å². The molecule has 15 heteroatoms. The van der Waals surface area contributed by atoms with Gasteiger partial charge in [0.1, 0.15) is 17.6 Å². The first kappa shape index (κ1) is 33.7. The molecule has 1 fully saturated rings. The van der Waals surface area contributed by atoms with Gasteiger partial charge in [0.2, 0.25) is 0 Å². The molecular formula is C31H31F3N6O6. The summed E-state index contributed by atoms with van der Waals surface area (Å²) in [4.78, 5) is 30.7. The van der Waals surface area contributed by atoms with E-state index < -0.39 is 18.2 Å². The molecule has 1 atom stereocenters. The van der Waals surface area contributed by atoms with Crippen LogP contribution in [-0.2, 0) is 14.3 Å². The number of aliphatic hydroxyl groups excluding tert-OH is 1. The van der Waals surface area contributed by atoms with Gasteiger partial charge in [0.25, 0.3) is 5.91 Å². The molecule has 242 valence electrons. The van der Waals surface area contributed by atoms with E-state index in [1.807, 2.05) is 53.4 Å². The SMILES string of the molecule is CO[C@H](C(=O)N1CCN(c2ccc(-c3cc(OCCCO)cn4ncc(C#N)c34)cn2)CC1)c1ccccc1.O=C(O)C(F)(F)F. The van der Waals surface area contributed by atoms with E-state index in [0.29, 0.717) is 56.0 Å². The summed E-state index contributed by atoms with van der Waals surface area (Å²) < 4.78 is 44.7. The third kappa shape index (κ3) is 8.09. The average molecular weight is 641 g/mol. The van der Waals surface area contributed by atoms with Crippen LogP contribution in [0.1, 0.15) is 23.7 Å². The largest absolute Gasteiger partial charge is 0.492 e. The highest BCUT2D eigenvalue weighted by molar-refractivity contribution is 5.85. The van der Waals surface area contributed by atoms with Gasteiger partial charge in [0, 0.05) is 63.6 Å². The molecule has 1 aliphatic heterocycles. The van der Waals surface area contributed by atoms with Crippen molar-refractivity contribution in [2.75, 3.05) is 51.4 Å². The number of methoxy groups -OCH3 is 1. The van der Waals surface area contributed by atoms with Crippen LogP contribution in [0.4, 0.5) is 19.0 Å². The quantitative estimate of drug-likeness (QED) is 0.259. The van der Waals surface area contributed by atoms with Gasteiger partial charge >= 0.3 is 12.1 Å². The Balaban J connectivity index is 0.000000617. The van der Waals surface area contributed by atoms with Crippen molar-refractivity contribution in [1.82, 2.24) is 19.5 Å². The smallest absolute Gasteiger partial charge is 0.490 e. The number of hydrogen-bond donors (Lipinski definition) is 2. The van der Waals surface area contributed by atoms with Gasteiger partial charge in [-0.15, -0.1) is 0 Å². The van der Waals surface area contributed by atoms with E-state index in [0.717, 1.165) is 22.5 Å². The van der Waals surface area contributed by atoms with Gasteiger partial charge in [-0.3, -0.25) is 4.79 Å². The minimum Gasteiger partial charge on any atom is -0.492 e. The molecule has 0 unspecified atom stereocenters. The van der Waals surface area contributed by atoms with Crippen LogP contribution in [0.25, 0.3) is 16.6 Å². The number of amides is 1. The van der Waals surface area contributed by atoms with Crippen LogP contribution in [0, 0.1) is 11.3 Å². The van der Waals surface area contributed by atoms with Crippen molar-refractivity contribution in [2.24, 2.45) is 0 Å². The molecule has 4 heterocycles. The molecule has 0 saturated carbocycles. The number of anilines is 1. The van der Waals surface area contributed by atoms with Gasteiger partial charge in [-0.1, -0.05) is 30.3 Å². The molecule has 0 aliphatic carbocycles. The first-order valence-corrected chi connectivity index (χ1v) is 14.1. The number of rotatable bonds is 9. The molecule has 2 N–H and O–H groups in total. The predicted molar refractivity (Wildman–Crippen MR) is 159 cm³/mol. The van der Waals surface area contributed by atoms with Crippen molar-refractivity contribution in [3.05, 3.63) is 78.2 Å². The molecule has 12 nitrogen and oxygen atoms in total. The highest BCUT2D eigenvalue weighted by Crippen LogP contribution is 2.31. The molecule has 0 radical (unpaired) electrons. The molecule has 1 amide bonds. The van der Waals surface area contributed by atoms with Crippen LogP contribution < -0.4 is 9.64 Å². The zero-order valence-electron chi connectivity index (χ0n) is 24.7. The van der Waals surface area contributed by atoms with Crippen LogP contribution in [0.5, 0.6) is 5.75 Å². The first-order valence-electron chi connectivity index (χ1n) is 14.1. The molecule has 1 saturated heterocycles. The highest BCUT2D eigenvalue weighted by Gasteiger charge is 2.38. The molecule has 4 aromatic rings. The summed E-state index contributed by atoms with van der Waals surface area (Å²) >= 11 is 0. The van der Waals surface area contributed by atoms with Crippen molar-refractivity contribution in [3.8, 4) is 22.9 Å². The minimum absolute atomic E-state index is 0.0362. The van der Waals surface area contributed by atoms with E-state index in [9.17, 15) is 23.2 Å². The maximum absolute atomic E-state index is 13.1. The zero-order valence-corrected chi connectivity index (χ0v) is 24.7. The van der Waals surface area contributed by atoms with Crippen molar-refractivity contribution >= 4 is 23.2 Å². The number of carboxylic acids is 1. The number of aromatic nitrogens is 3. The number of fused-ring (bicyclic) bond motifs is 1. The molecular weight excluding hydrogens is 609 g/mol. The second-order valence-electron chi connectivity index (χ2n) is 10.0. The number of alkyl halides is 3. The second kappa shape index (κ2) is 15.2. The topological polar surface area (TPSA) is 154 Å². The van der Waals surface area contributed by atoms with E-state index >= 15 is 0 Å². The number of aliphatic carboxylic acids is 1. The second-order valence-corrected chi connectivity index (χ2v) is 10.0. The van der Waals surface area contributed by atoms with Crippen LogP contribution in [0.3, 0.4) is 0 Å². The van der Waals surface area contributed by atoms with Crippen LogP contribution in [0.15, 0.2) is 67.1 Å². The normalized spacial score (nSPS) is 13.8. The summed E-state index contributed by atoms with van der Waals surface area (Å²) in [5.74, 6) is -1.38. The number of hydrogen-bond acceptors (Lipinski definition) is 9. The molecule has 46 heavy (non-hydrogen) atoms. The maximum Gasteiger partial charge on any atom is 0.490 e. The average Bonchev–Trinajstić information content (AvgIpc) is 3.48. The number of carboxylic acid groups (broad SMARTS) is 1. The lowest BCUT2D eigenvalue weighted by Gasteiger charge is -2.36. The van der Waals surface area contributed by atoms with Crippen molar-refractivity contribution in [3.63, 3.8) is 0 Å². The van der Waals surface area contributed by atoms with E-state index in [4.69, 9.17) is 29.5 Å². The fraction of sp³-hybridized carbons (Fsp3) is 0.323. The number of piperazine rings is 1. The lowest BCUT2D eigenvalue weighted by atomic mass is 10.1. The zero-order chi connectivity index (χ0) is 33.3. The van der Waals surface area contributed by atoms with Crippen LogP contribution in [-0.4, -0.2) is 94.3 Å². The Kier molecular flexibility index (Phi) is 11.1.